The number of anilines is 1. The van der Waals surface area contributed by atoms with Crippen LogP contribution in [0.25, 0.3) is 0 Å². The minimum absolute atomic E-state index is 0.0705. The zero-order valence-corrected chi connectivity index (χ0v) is 18.6. The summed E-state index contributed by atoms with van der Waals surface area (Å²) in [4.78, 5) is 16.7. The van der Waals surface area contributed by atoms with Crippen LogP contribution >= 0.6 is 0 Å². The molecule has 0 saturated heterocycles. The third kappa shape index (κ3) is 6.15. The molecular weight excluding hydrogens is 426 g/mol. The van der Waals surface area contributed by atoms with E-state index in [9.17, 15) is 13.2 Å². The molecule has 1 aromatic heterocycles. The molecule has 1 aliphatic carbocycles. The number of nitrogens with one attached hydrogen (secondary N) is 2. The van der Waals surface area contributed by atoms with E-state index in [2.05, 4.69) is 15.0 Å². The van der Waals surface area contributed by atoms with Crippen LogP contribution in [0, 0.1) is 6.92 Å². The first-order chi connectivity index (χ1) is 15.4. The fourth-order valence-corrected chi connectivity index (χ4v) is 4.35. The molecule has 8 heteroatoms. The minimum atomic E-state index is -3.46. The summed E-state index contributed by atoms with van der Waals surface area (Å²) in [5, 5.41) is 2.81. The Labute approximate surface area is 187 Å². The Morgan fingerprint density at radius 3 is 2.38 bits per heavy atom. The molecule has 1 heterocycles. The number of rotatable bonds is 9. The van der Waals surface area contributed by atoms with Crippen molar-refractivity contribution in [3.05, 3.63) is 78.0 Å². The lowest BCUT2D eigenvalue weighted by atomic mass is 10.1. The highest BCUT2D eigenvalue weighted by atomic mass is 32.2. The van der Waals surface area contributed by atoms with Gasteiger partial charge < -0.3 is 10.1 Å². The molecule has 0 bridgehead atoms. The second-order valence-corrected chi connectivity index (χ2v) is 9.60. The van der Waals surface area contributed by atoms with Crippen molar-refractivity contribution in [3.63, 3.8) is 0 Å². The van der Waals surface area contributed by atoms with E-state index in [1.54, 1.807) is 42.6 Å². The van der Waals surface area contributed by atoms with Gasteiger partial charge in [-0.3, -0.25) is 4.79 Å². The summed E-state index contributed by atoms with van der Waals surface area (Å²) in [6.45, 7) is 2.01. The van der Waals surface area contributed by atoms with Gasteiger partial charge in [0.25, 0.3) is 0 Å². The highest BCUT2D eigenvalue weighted by molar-refractivity contribution is 7.89. The Morgan fingerprint density at radius 1 is 1.03 bits per heavy atom. The van der Waals surface area contributed by atoms with Gasteiger partial charge in [0.15, 0.2) is 0 Å². The molecule has 2 aromatic carbocycles. The number of carbonyl (C=O) groups is 1. The molecular formula is C24H25N3O4S. The molecule has 1 amide bonds. The maximum atomic E-state index is 12.3. The quantitative estimate of drug-likeness (QED) is 0.508. The summed E-state index contributed by atoms with van der Waals surface area (Å²) in [6.07, 6.45) is 4.11. The third-order valence-corrected chi connectivity index (χ3v) is 6.57. The number of benzene rings is 2. The lowest BCUT2D eigenvalue weighted by Gasteiger charge is -2.08. The van der Waals surface area contributed by atoms with Gasteiger partial charge in [-0.05, 0) is 62.1 Å². The van der Waals surface area contributed by atoms with Gasteiger partial charge in [-0.1, -0.05) is 29.8 Å². The van der Waals surface area contributed by atoms with E-state index in [0.717, 1.165) is 24.0 Å². The van der Waals surface area contributed by atoms with Crippen LogP contribution in [-0.4, -0.2) is 25.4 Å². The molecule has 4 rings (SSSR count). The van der Waals surface area contributed by atoms with Crippen LogP contribution in [-0.2, 0) is 21.2 Å². The molecule has 0 radical (unpaired) electrons. The van der Waals surface area contributed by atoms with Crippen molar-refractivity contribution in [3.8, 4) is 11.6 Å². The molecule has 0 spiro atoms. The van der Waals surface area contributed by atoms with Gasteiger partial charge >= 0.3 is 0 Å². The number of sulfonamides is 1. The zero-order valence-electron chi connectivity index (χ0n) is 17.7. The normalized spacial score (nSPS) is 13.5. The Balaban J connectivity index is 1.26. The summed E-state index contributed by atoms with van der Waals surface area (Å²) in [7, 11) is -3.46. The van der Waals surface area contributed by atoms with Crippen LogP contribution in [0.4, 0.5) is 5.69 Å². The van der Waals surface area contributed by atoms with Crippen molar-refractivity contribution in [2.45, 2.75) is 43.5 Å². The fraction of sp³-hybridized carbons (Fsp3) is 0.250. The van der Waals surface area contributed by atoms with Gasteiger partial charge in [0.2, 0.25) is 21.8 Å². The van der Waals surface area contributed by atoms with Crippen molar-refractivity contribution in [2.24, 2.45) is 0 Å². The number of nitrogens with zero attached hydrogens (tertiary/aromatic N) is 1. The zero-order chi connectivity index (χ0) is 22.6. The second kappa shape index (κ2) is 9.50. The van der Waals surface area contributed by atoms with Crippen LogP contribution in [0.2, 0.25) is 0 Å². The van der Waals surface area contributed by atoms with E-state index in [1.165, 1.54) is 0 Å². The lowest BCUT2D eigenvalue weighted by molar-refractivity contribution is -0.116. The van der Waals surface area contributed by atoms with Crippen molar-refractivity contribution in [1.29, 1.82) is 0 Å². The number of carbonyl (C=O) groups excluding carboxylic acids is 1. The number of pyridine rings is 1. The summed E-state index contributed by atoms with van der Waals surface area (Å²) >= 11 is 0. The van der Waals surface area contributed by atoms with E-state index in [4.69, 9.17) is 4.74 Å². The fourth-order valence-electron chi connectivity index (χ4n) is 3.05. The standard InChI is InChI=1S/C24H25N3O4S/c1-17-2-10-21(11-3-17)31-24-15-9-20(16-25-24)26-23(28)14-6-18-4-12-22(13-5-18)32(29,30)27-19-7-8-19/h2-5,9-13,15-16,19,27H,6-8,14H2,1H3,(H,26,28). The van der Waals surface area contributed by atoms with E-state index in [0.29, 0.717) is 23.7 Å². The summed E-state index contributed by atoms with van der Waals surface area (Å²) < 4.78 is 32.8. The van der Waals surface area contributed by atoms with E-state index in [1.807, 2.05) is 31.2 Å². The largest absolute Gasteiger partial charge is 0.439 e. The van der Waals surface area contributed by atoms with Gasteiger partial charge in [-0.25, -0.2) is 18.1 Å². The first-order valence-electron chi connectivity index (χ1n) is 10.5. The van der Waals surface area contributed by atoms with E-state index >= 15 is 0 Å². The van der Waals surface area contributed by atoms with Crippen LogP contribution in [0.1, 0.15) is 30.4 Å². The summed E-state index contributed by atoms with van der Waals surface area (Å²) in [5.74, 6) is 0.992. The Bertz CT molecular complexity index is 1170. The van der Waals surface area contributed by atoms with Crippen molar-refractivity contribution in [1.82, 2.24) is 9.71 Å². The lowest BCUT2D eigenvalue weighted by Crippen LogP contribution is -2.25. The van der Waals surface area contributed by atoms with Gasteiger partial charge in [-0.15, -0.1) is 0 Å². The van der Waals surface area contributed by atoms with Crippen LogP contribution in [0.3, 0.4) is 0 Å². The van der Waals surface area contributed by atoms with Gasteiger partial charge in [-0.2, -0.15) is 0 Å². The predicted molar refractivity (Wildman–Crippen MR) is 122 cm³/mol. The van der Waals surface area contributed by atoms with E-state index < -0.39 is 10.0 Å². The number of aryl methyl sites for hydroxylation is 2. The van der Waals surface area contributed by atoms with Crippen molar-refractivity contribution in [2.75, 3.05) is 5.32 Å². The molecule has 0 unspecified atom stereocenters. The monoisotopic (exact) mass is 451 g/mol. The average Bonchev–Trinajstić information content (AvgIpc) is 3.59. The molecule has 32 heavy (non-hydrogen) atoms. The molecule has 2 N–H and O–H groups in total. The molecule has 0 atom stereocenters. The highest BCUT2D eigenvalue weighted by Gasteiger charge is 2.27. The highest BCUT2D eigenvalue weighted by Crippen LogP contribution is 2.23. The molecule has 0 aliphatic heterocycles. The van der Waals surface area contributed by atoms with Crippen molar-refractivity contribution >= 4 is 21.6 Å². The maximum absolute atomic E-state index is 12.3. The second-order valence-electron chi connectivity index (χ2n) is 7.89. The number of ether oxygens (including phenoxy) is 1. The van der Waals surface area contributed by atoms with Crippen molar-refractivity contribution < 1.29 is 17.9 Å². The van der Waals surface area contributed by atoms with Gasteiger partial charge in [0.05, 0.1) is 16.8 Å². The predicted octanol–water partition coefficient (Wildman–Crippen LogP) is 4.19. The van der Waals surface area contributed by atoms with Gasteiger partial charge in [0, 0.05) is 18.5 Å². The topological polar surface area (TPSA) is 97.4 Å². The molecule has 1 saturated carbocycles. The third-order valence-electron chi connectivity index (χ3n) is 5.04. The number of hydrogen-bond donors (Lipinski definition) is 2. The molecule has 3 aromatic rings. The SMILES string of the molecule is Cc1ccc(Oc2ccc(NC(=O)CCc3ccc(S(=O)(=O)NC4CC4)cc3)cn2)cc1. The number of aromatic nitrogens is 1. The van der Waals surface area contributed by atoms with Gasteiger partial charge in [0.1, 0.15) is 5.75 Å². The number of amides is 1. The molecule has 166 valence electrons. The minimum Gasteiger partial charge on any atom is -0.439 e. The van der Waals surface area contributed by atoms with E-state index in [-0.39, 0.29) is 23.3 Å². The van der Waals surface area contributed by atoms with Crippen LogP contribution in [0.5, 0.6) is 11.6 Å². The molecule has 7 nitrogen and oxygen atoms in total. The maximum Gasteiger partial charge on any atom is 0.240 e. The molecule has 1 aliphatic rings. The number of hydrogen-bond acceptors (Lipinski definition) is 5. The summed E-state index contributed by atoms with van der Waals surface area (Å²) in [5.41, 5.74) is 2.62. The Hall–Kier alpha value is -3.23. The first kappa shape index (κ1) is 22.0. The Kier molecular flexibility index (Phi) is 6.53. The summed E-state index contributed by atoms with van der Waals surface area (Å²) in [6, 6.07) is 17.8. The van der Waals surface area contributed by atoms with Crippen LogP contribution < -0.4 is 14.8 Å². The van der Waals surface area contributed by atoms with Crippen LogP contribution in [0.15, 0.2) is 71.8 Å². The smallest absolute Gasteiger partial charge is 0.240 e. The molecule has 1 fully saturated rings. The Morgan fingerprint density at radius 2 is 1.75 bits per heavy atom. The first-order valence-corrected chi connectivity index (χ1v) is 12.0. The average molecular weight is 452 g/mol.